The number of hydrogen-bond donors (Lipinski definition) is 1. The molecule has 2 heteroatoms. The van der Waals surface area contributed by atoms with Crippen LogP contribution >= 0.6 is 11.8 Å². The van der Waals surface area contributed by atoms with E-state index < -0.39 is 0 Å². The summed E-state index contributed by atoms with van der Waals surface area (Å²) in [4.78, 5) is 0. The maximum Gasteiger partial charge on any atom is 0.0198 e. The predicted octanol–water partition coefficient (Wildman–Crippen LogP) is 2.27. The minimum atomic E-state index is 0.743. The molecule has 0 bridgehead atoms. The van der Waals surface area contributed by atoms with Crippen LogP contribution in [0, 0.1) is 12.3 Å². The van der Waals surface area contributed by atoms with Crippen molar-refractivity contribution in [3.05, 3.63) is 0 Å². The molecule has 2 atom stereocenters. The van der Waals surface area contributed by atoms with Crippen LogP contribution in [-0.2, 0) is 0 Å². The van der Waals surface area contributed by atoms with Crippen molar-refractivity contribution >= 4 is 11.8 Å². The largest absolute Gasteiger partial charge is 0.313 e. The highest BCUT2D eigenvalue weighted by molar-refractivity contribution is 7.99. The number of rotatable bonds is 5. The van der Waals surface area contributed by atoms with Crippen LogP contribution in [0.4, 0.5) is 0 Å². The van der Waals surface area contributed by atoms with E-state index in [-0.39, 0.29) is 0 Å². The fourth-order valence-corrected chi connectivity index (χ4v) is 2.88. The Morgan fingerprint density at radius 3 is 3.08 bits per heavy atom. The van der Waals surface area contributed by atoms with E-state index in [1.807, 2.05) is 11.8 Å². The third-order valence-corrected chi connectivity index (χ3v) is 3.83. The molecule has 1 rings (SSSR count). The number of hydrogen-bond acceptors (Lipinski definition) is 2. The highest BCUT2D eigenvalue weighted by Crippen LogP contribution is 2.28. The van der Waals surface area contributed by atoms with E-state index in [4.69, 9.17) is 6.42 Å². The average molecular weight is 197 g/mol. The molecule has 1 fully saturated rings. The van der Waals surface area contributed by atoms with Crippen LogP contribution in [0.15, 0.2) is 0 Å². The Bertz CT molecular complexity index is 173. The normalized spacial score (nSPS) is 27.4. The molecule has 2 unspecified atom stereocenters. The number of thioether (sulfide) groups is 1. The van der Waals surface area contributed by atoms with Gasteiger partial charge in [-0.25, -0.2) is 0 Å². The summed E-state index contributed by atoms with van der Waals surface area (Å²) in [5, 5.41) is 4.44. The Kier molecular flexibility index (Phi) is 5.34. The summed E-state index contributed by atoms with van der Waals surface area (Å²) in [5.41, 5.74) is 0. The van der Waals surface area contributed by atoms with E-state index in [2.05, 4.69) is 17.5 Å². The van der Waals surface area contributed by atoms with Gasteiger partial charge in [0.15, 0.2) is 0 Å². The number of terminal acetylenes is 1. The molecule has 0 spiro atoms. The second-order valence-electron chi connectivity index (χ2n) is 3.57. The van der Waals surface area contributed by atoms with Crippen LogP contribution in [0.1, 0.15) is 32.1 Å². The van der Waals surface area contributed by atoms with Crippen LogP contribution < -0.4 is 5.32 Å². The van der Waals surface area contributed by atoms with Crippen molar-refractivity contribution in [3.8, 4) is 12.3 Å². The lowest BCUT2D eigenvalue weighted by molar-refractivity contribution is 0.525. The number of nitrogens with one attached hydrogen (secondary N) is 1. The lowest BCUT2D eigenvalue weighted by atomic mass is 10.2. The Balaban J connectivity index is 2.10. The third-order valence-electron chi connectivity index (χ3n) is 2.66. The fraction of sp³-hybridized carbons (Fsp3) is 0.818. The maximum atomic E-state index is 5.19. The Labute approximate surface area is 86.1 Å². The summed E-state index contributed by atoms with van der Waals surface area (Å²) in [6.07, 6.45) is 13.6. The summed E-state index contributed by atoms with van der Waals surface area (Å²) < 4.78 is 0. The second-order valence-corrected chi connectivity index (χ2v) is 4.65. The monoisotopic (exact) mass is 197 g/mol. The van der Waals surface area contributed by atoms with Crippen molar-refractivity contribution < 1.29 is 0 Å². The number of unbranched alkanes of at least 4 members (excludes halogenated alkanes) is 1. The molecule has 0 aliphatic heterocycles. The molecule has 1 saturated carbocycles. The van der Waals surface area contributed by atoms with Gasteiger partial charge in [-0.15, -0.1) is 12.3 Å². The molecule has 0 aromatic rings. The van der Waals surface area contributed by atoms with Crippen molar-refractivity contribution in [2.75, 3.05) is 12.8 Å². The topological polar surface area (TPSA) is 12.0 Å². The molecule has 0 amide bonds. The average Bonchev–Trinajstić information content (AvgIpc) is 2.60. The maximum absolute atomic E-state index is 5.19. The van der Waals surface area contributed by atoms with E-state index in [0.717, 1.165) is 30.7 Å². The minimum Gasteiger partial charge on any atom is -0.313 e. The first kappa shape index (κ1) is 10.9. The first-order valence-corrected chi connectivity index (χ1v) is 6.37. The summed E-state index contributed by atoms with van der Waals surface area (Å²) in [5.74, 6) is 2.67. The van der Waals surface area contributed by atoms with E-state index in [1.54, 1.807) is 0 Å². The van der Waals surface area contributed by atoms with Gasteiger partial charge in [-0.3, -0.25) is 0 Å². The highest BCUT2D eigenvalue weighted by atomic mass is 32.2. The highest BCUT2D eigenvalue weighted by Gasteiger charge is 2.25. The zero-order valence-corrected chi connectivity index (χ0v) is 9.20. The minimum absolute atomic E-state index is 0.743. The summed E-state index contributed by atoms with van der Waals surface area (Å²) in [6, 6.07) is 0.743. The molecule has 0 aromatic carbocycles. The molecule has 0 heterocycles. The summed E-state index contributed by atoms with van der Waals surface area (Å²) in [7, 11) is 0. The first-order chi connectivity index (χ1) is 6.38. The molecule has 1 aliphatic carbocycles. The van der Waals surface area contributed by atoms with Crippen LogP contribution in [0.5, 0.6) is 0 Å². The van der Waals surface area contributed by atoms with Gasteiger partial charge in [0.25, 0.3) is 0 Å². The van der Waals surface area contributed by atoms with Gasteiger partial charge in [0.1, 0.15) is 0 Å². The van der Waals surface area contributed by atoms with Gasteiger partial charge < -0.3 is 5.32 Å². The first-order valence-electron chi connectivity index (χ1n) is 5.08. The van der Waals surface area contributed by atoms with Crippen molar-refractivity contribution in [3.63, 3.8) is 0 Å². The van der Waals surface area contributed by atoms with E-state index in [9.17, 15) is 0 Å². The van der Waals surface area contributed by atoms with Gasteiger partial charge in [-0.05, 0) is 32.1 Å². The molecule has 74 valence electrons. The van der Waals surface area contributed by atoms with Gasteiger partial charge in [-0.2, -0.15) is 11.8 Å². The van der Waals surface area contributed by atoms with Gasteiger partial charge in [0.05, 0.1) is 0 Å². The van der Waals surface area contributed by atoms with Crippen LogP contribution in [0.2, 0.25) is 0 Å². The molecular weight excluding hydrogens is 178 g/mol. The van der Waals surface area contributed by atoms with Crippen LogP contribution in [0.3, 0.4) is 0 Å². The summed E-state index contributed by atoms with van der Waals surface area (Å²) >= 11 is 2.00. The van der Waals surface area contributed by atoms with Gasteiger partial charge >= 0.3 is 0 Å². The zero-order chi connectivity index (χ0) is 9.52. The Hall–Kier alpha value is -0.130. The second kappa shape index (κ2) is 6.34. The molecule has 0 radical (unpaired) electrons. The Morgan fingerprint density at radius 2 is 2.38 bits per heavy atom. The summed E-state index contributed by atoms with van der Waals surface area (Å²) in [6.45, 7) is 1.09. The molecule has 0 aromatic heterocycles. The predicted molar refractivity (Wildman–Crippen MR) is 61.0 cm³/mol. The van der Waals surface area contributed by atoms with E-state index >= 15 is 0 Å². The van der Waals surface area contributed by atoms with Crippen LogP contribution in [0.25, 0.3) is 0 Å². The van der Waals surface area contributed by atoms with Gasteiger partial charge in [0, 0.05) is 17.7 Å². The molecular formula is C11H19NS. The quantitative estimate of drug-likeness (QED) is 0.536. The fourth-order valence-electron chi connectivity index (χ4n) is 1.92. The molecule has 1 N–H and O–H groups in total. The van der Waals surface area contributed by atoms with E-state index in [0.29, 0.717) is 0 Å². The van der Waals surface area contributed by atoms with Crippen molar-refractivity contribution in [2.45, 2.75) is 43.4 Å². The standard InChI is InChI=1S/C11H19NS/c1-3-4-5-9-12-10-7-6-8-11(10)13-2/h1,10-12H,4-9H2,2H3. The lowest BCUT2D eigenvalue weighted by Gasteiger charge is -2.18. The van der Waals surface area contributed by atoms with Crippen molar-refractivity contribution in [1.82, 2.24) is 5.32 Å². The third kappa shape index (κ3) is 3.62. The SMILES string of the molecule is C#CCCCNC1CCCC1SC. The lowest BCUT2D eigenvalue weighted by Crippen LogP contribution is -2.34. The van der Waals surface area contributed by atoms with Crippen molar-refractivity contribution in [2.24, 2.45) is 0 Å². The van der Waals surface area contributed by atoms with Gasteiger partial charge in [-0.1, -0.05) is 6.42 Å². The zero-order valence-electron chi connectivity index (χ0n) is 8.38. The van der Waals surface area contributed by atoms with E-state index in [1.165, 1.54) is 19.3 Å². The molecule has 1 aliphatic rings. The van der Waals surface area contributed by atoms with Crippen molar-refractivity contribution in [1.29, 1.82) is 0 Å². The van der Waals surface area contributed by atoms with Crippen LogP contribution in [-0.4, -0.2) is 24.1 Å². The molecule has 13 heavy (non-hydrogen) atoms. The molecule has 1 nitrogen and oxygen atoms in total. The van der Waals surface area contributed by atoms with Gasteiger partial charge in [0.2, 0.25) is 0 Å². The molecule has 0 saturated heterocycles. The smallest absolute Gasteiger partial charge is 0.0198 e. The Morgan fingerprint density at radius 1 is 1.54 bits per heavy atom.